The lowest BCUT2D eigenvalue weighted by molar-refractivity contribution is -0.151. The average Bonchev–Trinajstić information content (AvgIpc) is 2.26. The van der Waals surface area contributed by atoms with E-state index < -0.39 is 12.7 Å². The highest BCUT2D eigenvalue weighted by Crippen LogP contribution is 2.18. The number of halogens is 3. The van der Waals surface area contributed by atoms with E-state index >= 15 is 0 Å². The highest BCUT2D eigenvalue weighted by Gasteiger charge is 2.33. The highest BCUT2D eigenvalue weighted by atomic mass is 19.4. The number of nitrogens with zero attached hydrogens (tertiary/aromatic N) is 1. The third kappa shape index (κ3) is 8.97. The zero-order valence-corrected chi connectivity index (χ0v) is 11.0. The van der Waals surface area contributed by atoms with Crippen LogP contribution in [-0.4, -0.2) is 43.3 Å². The first-order chi connectivity index (χ1) is 7.49. The molecule has 5 heteroatoms. The molecule has 16 heavy (non-hydrogen) atoms. The van der Waals surface area contributed by atoms with E-state index in [1.54, 1.807) is 6.92 Å². The van der Waals surface area contributed by atoms with Gasteiger partial charge in [-0.2, -0.15) is 13.2 Å². The van der Waals surface area contributed by atoms with Gasteiger partial charge in [0.1, 0.15) is 0 Å². The van der Waals surface area contributed by atoms with Gasteiger partial charge in [-0.05, 0) is 6.92 Å². The van der Waals surface area contributed by atoms with Crippen LogP contribution in [0.3, 0.4) is 0 Å². The van der Waals surface area contributed by atoms with Crippen LogP contribution in [-0.2, 0) is 0 Å². The monoisotopic (exact) mass is 242 g/mol. The quantitative estimate of drug-likeness (QED) is 0.760. The van der Waals surface area contributed by atoms with Crippen LogP contribution in [0.1, 0.15) is 34.6 Å². The molecule has 1 rings (SSSR count). The molecule has 0 radical (unpaired) electrons. The van der Waals surface area contributed by atoms with Crippen molar-refractivity contribution in [2.75, 3.05) is 26.2 Å². The summed E-state index contributed by atoms with van der Waals surface area (Å²) in [5.41, 5.74) is 0. The Balaban J connectivity index is 0. The van der Waals surface area contributed by atoms with Crippen LogP contribution in [0.4, 0.5) is 13.2 Å². The highest BCUT2D eigenvalue weighted by molar-refractivity contribution is 4.77. The molecule has 0 aromatic carbocycles. The van der Waals surface area contributed by atoms with Crippen molar-refractivity contribution in [1.82, 2.24) is 10.2 Å². The van der Waals surface area contributed by atoms with Crippen LogP contribution in [0.15, 0.2) is 0 Å². The maximum Gasteiger partial charge on any atom is 0.401 e. The van der Waals surface area contributed by atoms with E-state index in [-0.39, 0.29) is 6.04 Å². The number of rotatable bonds is 1. The molecule has 1 aliphatic heterocycles. The Kier molecular flexibility index (Phi) is 11.2. The number of hydrogen-bond donors (Lipinski definition) is 1. The summed E-state index contributed by atoms with van der Waals surface area (Å²) in [5.74, 6) is 0. The van der Waals surface area contributed by atoms with E-state index in [0.29, 0.717) is 19.6 Å². The Bertz CT molecular complexity index is 149. The van der Waals surface area contributed by atoms with E-state index in [0.717, 1.165) is 0 Å². The minimum atomic E-state index is -4.06. The molecule has 1 fully saturated rings. The number of nitrogens with one attached hydrogen (secondary N) is 1. The van der Waals surface area contributed by atoms with Gasteiger partial charge in [-0.3, -0.25) is 4.90 Å². The van der Waals surface area contributed by atoms with Crippen LogP contribution in [0.5, 0.6) is 0 Å². The third-order valence-corrected chi connectivity index (χ3v) is 2.02. The molecule has 1 saturated heterocycles. The minimum absolute atomic E-state index is 0.0135. The van der Waals surface area contributed by atoms with Gasteiger partial charge < -0.3 is 5.32 Å². The summed E-state index contributed by atoms with van der Waals surface area (Å²) in [6.45, 7) is 10.8. The predicted octanol–water partition coefficient (Wildman–Crippen LogP) is 2.89. The molecular weight excluding hydrogens is 217 g/mol. The van der Waals surface area contributed by atoms with Gasteiger partial charge in [0, 0.05) is 25.7 Å². The zero-order chi connectivity index (χ0) is 13.2. The van der Waals surface area contributed by atoms with Gasteiger partial charge in [-0.1, -0.05) is 27.7 Å². The smallest absolute Gasteiger partial charge is 0.314 e. The standard InChI is InChI=1S/C7H13F3N2.2C2H6/c1-6-4-11-2-3-12(6)5-7(8,9)10;2*1-2/h6,11H,2-5H2,1H3;2*1-2H3. The van der Waals surface area contributed by atoms with E-state index in [9.17, 15) is 13.2 Å². The summed E-state index contributed by atoms with van der Waals surface area (Å²) < 4.78 is 35.9. The van der Waals surface area contributed by atoms with E-state index in [1.807, 2.05) is 27.7 Å². The molecule has 0 aliphatic carbocycles. The SMILES string of the molecule is CC.CC.CC1CNCCN1CC(F)(F)F. The summed E-state index contributed by atoms with van der Waals surface area (Å²) in [4.78, 5) is 1.45. The molecule has 1 N–H and O–H groups in total. The fourth-order valence-corrected chi connectivity index (χ4v) is 1.35. The van der Waals surface area contributed by atoms with Crippen molar-refractivity contribution in [3.05, 3.63) is 0 Å². The van der Waals surface area contributed by atoms with Crippen molar-refractivity contribution >= 4 is 0 Å². The van der Waals surface area contributed by atoms with Crippen LogP contribution in [0.2, 0.25) is 0 Å². The Morgan fingerprint density at radius 2 is 1.69 bits per heavy atom. The van der Waals surface area contributed by atoms with Gasteiger partial charge in [0.05, 0.1) is 6.54 Å². The molecular formula is C11H25F3N2. The van der Waals surface area contributed by atoms with Crippen LogP contribution >= 0.6 is 0 Å². The lowest BCUT2D eigenvalue weighted by Crippen LogP contribution is -2.52. The van der Waals surface area contributed by atoms with E-state index in [1.165, 1.54) is 4.90 Å². The Hall–Kier alpha value is -0.290. The first kappa shape index (κ1) is 18.1. The molecule has 2 nitrogen and oxygen atoms in total. The topological polar surface area (TPSA) is 15.3 Å². The normalized spacial score (nSPS) is 21.4. The molecule has 1 unspecified atom stereocenters. The van der Waals surface area contributed by atoms with Crippen molar-refractivity contribution in [1.29, 1.82) is 0 Å². The molecule has 1 aliphatic rings. The molecule has 0 spiro atoms. The molecule has 0 aromatic rings. The average molecular weight is 242 g/mol. The van der Waals surface area contributed by atoms with Crippen molar-refractivity contribution in [2.45, 2.75) is 46.8 Å². The maximum atomic E-state index is 12.0. The van der Waals surface area contributed by atoms with Gasteiger partial charge >= 0.3 is 6.18 Å². The second kappa shape index (κ2) is 9.90. The lowest BCUT2D eigenvalue weighted by atomic mass is 10.2. The summed E-state index contributed by atoms with van der Waals surface area (Å²) in [6, 6.07) is -0.0135. The molecule has 1 heterocycles. The molecule has 0 amide bonds. The fraction of sp³-hybridized carbons (Fsp3) is 1.00. The van der Waals surface area contributed by atoms with Crippen molar-refractivity contribution in [3.63, 3.8) is 0 Å². The van der Waals surface area contributed by atoms with E-state index in [4.69, 9.17) is 0 Å². The maximum absolute atomic E-state index is 12.0. The fourth-order valence-electron chi connectivity index (χ4n) is 1.35. The van der Waals surface area contributed by atoms with Crippen molar-refractivity contribution in [2.24, 2.45) is 0 Å². The number of hydrogen-bond acceptors (Lipinski definition) is 2. The molecule has 0 saturated carbocycles. The second-order valence-corrected chi connectivity index (χ2v) is 3.14. The van der Waals surface area contributed by atoms with E-state index in [2.05, 4.69) is 5.32 Å². The minimum Gasteiger partial charge on any atom is -0.314 e. The lowest BCUT2D eigenvalue weighted by Gasteiger charge is -2.34. The first-order valence-corrected chi connectivity index (χ1v) is 6.00. The number of alkyl halides is 3. The van der Waals surface area contributed by atoms with Gasteiger partial charge in [0.15, 0.2) is 0 Å². The van der Waals surface area contributed by atoms with Crippen LogP contribution < -0.4 is 5.32 Å². The van der Waals surface area contributed by atoms with Crippen molar-refractivity contribution < 1.29 is 13.2 Å². The molecule has 1 atom stereocenters. The molecule has 0 aromatic heterocycles. The largest absolute Gasteiger partial charge is 0.401 e. The Morgan fingerprint density at radius 1 is 1.19 bits per heavy atom. The Morgan fingerprint density at radius 3 is 2.06 bits per heavy atom. The Labute approximate surface area is 97.2 Å². The number of piperazine rings is 1. The zero-order valence-electron chi connectivity index (χ0n) is 11.0. The summed E-state index contributed by atoms with van der Waals surface area (Å²) in [5, 5.41) is 3.04. The predicted molar refractivity (Wildman–Crippen MR) is 62.7 cm³/mol. The first-order valence-electron chi connectivity index (χ1n) is 6.00. The van der Waals surface area contributed by atoms with Gasteiger partial charge in [0.2, 0.25) is 0 Å². The van der Waals surface area contributed by atoms with Crippen LogP contribution in [0, 0.1) is 0 Å². The molecule has 100 valence electrons. The summed E-state index contributed by atoms with van der Waals surface area (Å²) in [6.07, 6.45) is -4.06. The van der Waals surface area contributed by atoms with Crippen molar-refractivity contribution in [3.8, 4) is 0 Å². The van der Waals surface area contributed by atoms with Gasteiger partial charge in [-0.15, -0.1) is 0 Å². The van der Waals surface area contributed by atoms with Crippen LogP contribution in [0.25, 0.3) is 0 Å². The van der Waals surface area contributed by atoms with Gasteiger partial charge in [0.25, 0.3) is 0 Å². The summed E-state index contributed by atoms with van der Waals surface area (Å²) >= 11 is 0. The third-order valence-electron chi connectivity index (χ3n) is 2.02. The van der Waals surface area contributed by atoms with Gasteiger partial charge in [-0.25, -0.2) is 0 Å². The summed E-state index contributed by atoms with van der Waals surface area (Å²) in [7, 11) is 0. The molecule has 0 bridgehead atoms. The second-order valence-electron chi connectivity index (χ2n) is 3.14.